The molecule has 17 heavy (non-hydrogen) atoms. The molecule has 0 radical (unpaired) electrons. The maximum Gasteiger partial charge on any atom is 0.321 e. The average Bonchev–Trinajstić information content (AvgIpc) is 2.70. The van der Waals surface area contributed by atoms with Crippen molar-refractivity contribution in [3.05, 3.63) is 0 Å². The van der Waals surface area contributed by atoms with E-state index >= 15 is 0 Å². The summed E-state index contributed by atoms with van der Waals surface area (Å²) >= 11 is 0. The van der Waals surface area contributed by atoms with Gasteiger partial charge in [0, 0.05) is 19.5 Å². The Morgan fingerprint density at radius 3 is 1.88 bits per heavy atom. The van der Waals surface area contributed by atoms with Crippen molar-refractivity contribution in [2.24, 2.45) is 0 Å². The van der Waals surface area contributed by atoms with Crippen LogP contribution in [0.15, 0.2) is 0 Å². The summed E-state index contributed by atoms with van der Waals surface area (Å²) in [5.41, 5.74) is 0. The van der Waals surface area contributed by atoms with Crippen molar-refractivity contribution in [3.8, 4) is 0 Å². The second kappa shape index (κ2) is 5.94. The van der Waals surface area contributed by atoms with E-state index in [9.17, 15) is 19.2 Å². The molecule has 8 heteroatoms. The van der Waals surface area contributed by atoms with Crippen LogP contribution in [-0.2, 0) is 19.2 Å². The molecule has 4 N–H and O–H groups in total. The molecule has 2 saturated heterocycles. The van der Waals surface area contributed by atoms with Gasteiger partial charge in [-0.15, -0.1) is 0 Å². The van der Waals surface area contributed by atoms with Gasteiger partial charge in [-0.2, -0.15) is 0 Å². The van der Waals surface area contributed by atoms with Gasteiger partial charge in [0.1, 0.15) is 11.8 Å². The first kappa shape index (κ1) is 13.1. The molecular weight excluding hydrogens is 230 g/mol. The molecule has 2 aliphatic heterocycles. The predicted octanol–water partition coefficient (Wildman–Crippen LogP) is -2.77. The van der Waals surface area contributed by atoms with E-state index in [1.165, 1.54) is 0 Å². The molecule has 0 aromatic carbocycles. The summed E-state index contributed by atoms with van der Waals surface area (Å²) in [6, 6.07) is -0.641. The number of carboxylic acids is 1. The zero-order valence-corrected chi connectivity index (χ0v) is 8.99. The number of Topliss-reactive ketones (excluding diaryl/α,β-unsaturated/α-hetero) is 1. The average molecular weight is 243 g/mol. The van der Waals surface area contributed by atoms with E-state index in [4.69, 9.17) is 5.11 Å². The fourth-order valence-electron chi connectivity index (χ4n) is 1.30. The molecule has 1 atom stereocenters. The van der Waals surface area contributed by atoms with Gasteiger partial charge in [0.25, 0.3) is 0 Å². The minimum atomic E-state index is -0.944. The molecule has 0 spiro atoms. The van der Waals surface area contributed by atoms with Crippen LogP contribution < -0.4 is 16.0 Å². The lowest BCUT2D eigenvalue weighted by atomic mass is 10.2. The Hall–Kier alpha value is -1.96. The van der Waals surface area contributed by atoms with Crippen LogP contribution in [0.5, 0.6) is 0 Å². The maximum absolute atomic E-state index is 10.4. The van der Waals surface area contributed by atoms with E-state index in [0.29, 0.717) is 13.1 Å². The second-order valence-electron chi connectivity index (χ2n) is 3.53. The molecule has 0 saturated carbocycles. The van der Waals surface area contributed by atoms with Crippen molar-refractivity contribution >= 4 is 23.6 Å². The molecular formula is C9H13N3O5. The lowest BCUT2D eigenvalue weighted by Crippen LogP contribution is -2.49. The van der Waals surface area contributed by atoms with Crippen LogP contribution in [0.25, 0.3) is 0 Å². The Balaban J connectivity index is 0.000000171. The number of ketones is 1. The molecule has 0 aromatic rings. The zero-order valence-electron chi connectivity index (χ0n) is 8.99. The van der Waals surface area contributed by atoms with E-state index in [1.807, 2.05) is 0 Å². The molecule has 2 fully saturated rings. The monoisotopic (exact) mass is 243 g/mol. The Bertz CT molecular complexity index is 339. The highest BCUT2D eigenvalue weighted by molar-refractivity contribution is 6.35. The fraction of sp³-hybridized carbons (Fsp3) is 0.556. The number of hydrogen-bond acceptors (Lipinski definition) is 5. The maximum atomic E-state index is 10.4. The normalized spacial score (nSPS) is 23.3. The number of aliphatic carboxylic acids is 1. The second-order valence-corrected chi connectivity index (χ2v) is 3.53. The topological polar surface area (TPSA) is 125 Å². The van der Waals surface area contributed by atoms with E-state index in [1.54, 1.807) is 0 Å². The molecule has 2 heterocycles. The number of rotatable bonds is 1. The van der Waals surface area contributed by atoms with Crippen LogP contribution in [0.1, 0.15) is 6.42 Å². The summed E-state index contributed by atoms with van der Waals surface area (Å²) in [5.74, 6) is -2.03. The quantitative estimate of drug-likeness (QED) is 0.370. The van der Waals surface area contributed by atoms with Crippen molar-refractivity contribution in [2.45, 2.75) is 12.5 Å². The van der Waals surface area contributed by atoms with Crippen molar-refractivity contribution in [1.82, 2.24) is 16.0 Å². The van der Waals surface area contributed by atoms with E-state index in [-0.39, 0.29) is 18.7 Å². The first-order valence-corrected chi connectivity index (χ1v) is 5.04. The highest BCUT2D eigenvalue weighted by Crippen LogP contribution is 2.00. The summed E-state index contributed by atoms with van der Waals surface area (Å²) in [5, 5.41) is 15.6. The summed E-state index contributed by atoms with van der Waals surface area (Å²) in [7, 11) is 0. The molecule has 0 aromatic heterocycles. The summed E-state index contributed by atoms with van der Waals surface area (Å²) < 4.78 is 0. The number of amides is 2. The minimum absolute atomic E-state index is 0.0256. The molecule has 94 valence electrons. The Morgan fingerprint density at radius 1 is 1.12 bits per heavy atom. The van der Waals surface area contributed by atoms with Crippen molar-refractivity contribution in [3.63, 3.8) is 0 Å². The van der Waals surface area contributed by atoms with E-state index in [0.717, 1.165) is 0 Å². The molecule has 2 aliphatic rings. The lowest BCUT2D eigenvalue weighted by molar-refractivity contribution is -0.140. The Kier molecular flexibility index (Phi) is 4.58. The first-order chi connectivity index (χ1) is 8.00. The van der Waals surface area contributed by atoms with Crippen LogP contribution in [0.4, 0.5) is 0 Å². The van der Waals surface area contributed by atoms with Gasteiger partial charge in [-0.25, -0.2) is 0 Å². The number of carbonyl (C=O) groups excluding carboxylic acids is 3. The molecule has 2 amide bonds. The van der Waals surface area contributed by atoms with Gasteiger partial charge in [0.2, 0.25) is 0 Å². The van der Waals surface area contributed by atoms with Gasteiger partial charge in [0.15, 0.2) is 0 Å². The number of nitrogens with one attached hydrogen (secondary N) is 3. The van der Waals surface area contributed by atoms with Crippen molar-refractivity contribution in [2.75, 3.05) is 19.6 Å². The fourth-order valence-corrected chi connectivity index (χ4v) is 1.30. The van der Waals surface area contributed by atoms with Crippen LogP contribution in [0.3, 0.4) is 0 Å². The van der Waals surface area contributed by atoms with Gasteiger partial charge in [0.05, 0.1) is 6.54 Å². The van der Waals surface area contributed by atoms with Crippen LogP contribution in [0, 0.1) is 0 Å². The third kappa shape index (κ3) is 4.19. The molecule has 0 bridgehead atoms. The third-order valence-electron chi connectivity index (χ3n) is 2.18. The van der Waals surface area contributed by atoms with Gasteiger partial charge in [-0.05, 0) is 0 Å². The zero-order chi connectivity index (χ0) is 12.8. The van der Waals surface area contributed by atoms with Crippen LogP contribution in [0.2, 0.25) is 0 Å². The predicted molar refractivity (Wildman–Crippen MR) is 55.1 cm³/mol. The van der Waals surface area contributed by atoms with Gasteiger partial charge < -0.3 is 15.7 Å². The van der Waals surface area contributed by atoms with E-state index < -0.39 is 23.8 Å². The largest absolute Gasteiger partial charge is 0.480 e. The summed E-state index contributed by atoms with van der Waals surface area (Å²) in [6.07, 6.45) is 0.134. The molecule has 0 unspecified atom stereocenters. The SMILES string of the molecule is O=C1CN[C@H](C(=O)O)C1.O=C1NCCNC1=O. The third-order valence-corrected chi connectivity index (χ3v) is 2.18. The summed E-state index contributed by atoms with van der Waals surface area (Å²) in [4.78, 5) is 41.1. The molecule has 2 rings (SSSR count). The van der Waals surface area contributed by atoms with E-state index in [2.05, 4.69) is 16.0 Å². The number of carbonyl (C=O) groups is 4. The number of hydrogen-bond donors (Lipinski definition) is 4. The minimum Gasteiger partial charge on any atom is -0.480 e. The van der Waals surface area contributed by atoms with Crippen LogP contribution >= 0.6 is 0 Å². The molecule has 0 aliphatic carbocycles. The number of piperazine rings is 1. The lowest BCUT2D eigenvalue weighted by Gasteiger charge is -2.10. The Morgan fingerprint density at radius 2 is 1.65 bits per heavy atom. The number of carboxylic acid groups (broad SMARTS) is 1. The van der Waals surface area contributed by atoms with Crippen LogP contribution in [-0.4, -0.2) is 54.3 Å². The smallest absolute Gasteiger partial charge is 0.321 e. The van der Waals surface area contributed by atoms with Gasteiger partial charge in [-0.1, -0.05) is 0 Å². The standard InChI is InChI=1S/C5H7NO3.C4H6N2O2/c7-3-1-4(5(8)9)6-2-3;7-3-4(8)6-2-1-5-3/h4,6H,1-2H2,(H,8,9);1-2H2,(H,5,7)(H,6,8)/t4-;/m0./s1. The van der Waals surface area contributed by atoms with Crippen molar-refractivity contribution in [1.29, 1.82) is 0 Å². The summed E-state index contributed by atoms with van der Waals surface area (Å²) in [6.45, 7) is 1.30. The Labute approximate surface area is 96.7 Å². The first-order valence-electron chi connectivity index (χ1n) is 5.04. The van der Waals surface area contributed by atoms with Gasteiger partial charge in [-0.3, -0.25) is 24.5 Å². The van der Waals surface area contributed by atoms with Gasteiger partial charge >= 0.3 is 17.8 Å². The highest BCUT2D eigenvalue weighted by atomic mass is 16.4. The highest BCUT2D eigenvalue weighted by Gasteiger charge is 2.26. The molecule has 8 nitrogen and oxygen atoms in total. The van der Waals surface area contributed by atoms with Crippen molar-refractivity contribution < 1.29 is 24.3 Å².